The lowest BCUT2D eigenvalue weighted by atomic mass is 10.2. The van der Waals surface area contributed by atoms with Crippen molar-refractivity contribution < 1.29 is 0 Å². The topological polar surface area (TPSA) is 60.9 Å². The average molecular weight is 298 g/mol. The number of aromatic nitrogens is 6. The summed E-state index contributed by atoms with van der Waals surface area (Å²) in [4.78, 5) is 9.24. The zero-order valence-corrected chi connectivity index (χ0v) is 12.8. The first kappa shape index (κ1) is 12.6. The number of rotatable bonds is 2. The summed E-state index contributed by atoms with van der Waals surface area (Å²) in [5, 5.41) is 12.0. The third-order valence-electron chi connectivity index (χ3n) is 3.60. The van der Waals surface area contributed by atoms with Gasteiger partial charge in [-0.15, -0.1) is 11.8 Å². The van der Waals surface area contributed by atoms with Crippen LogP contribution in [0.5, 0.6) is 0 Å². The number of pyridine rings is 1. The minimum Gasteiger partial charge on any atom is -0.248 e. The van der Waals surface area contributed by atoms with Gasteiger partial charge < -0.3 is 0 Å². The number of hydrogen-bond donors (Lipinski definition) is 0. The molecule has 0 spiro atoms. The fourth-order valence-corrected chi connectivity index (χ4v) is 3.23. The van der Waals surface area contributed by atoms with Crippen molar-refractivity contribution in [1.82, 2.24) is 29.4 Å². The highest BCUT2D eigenvalue weighted by atomic mass is 32.2. The molecule has 0 bridgehead atoms. The summed E-state index contributed by atoms with van der Waals surface area (Å²) in [6.07, 6.45) is 5.77. The van der Waals surface area contributed by atoms with Crippen LogP contribution in [-0.4, -0.2) is 35.6 Å². The minimum absolute atomic E-state index is 0.795. The molecule has 0 saturated heterocycles. The largest absolute Gasteiger partial charge is 0.248 e. The van der Waals surface area contributed by atoms with Gasteiger partial charge in [-0.2, -0.15) is 10.2 Å². The second-order valence-electron chi connectivity index (χ2n) is 4.89. The minimum atomic E-state index is 0.795. The predicted octanol–water partition coefficient (Wildman–Crippen LogP) is 2.68. The number of aryl methyl sites for hydroxylation is 2. The van der Waals surface area contributed by atoms with Crippen molar-refractivity contribution in [1.29, 1.82) is 0 Å². The number of thioether (sulfide) groups is 1. The van der Waals surface area contributed by atoms with E-state index >= 15 is 0 Å². The Hall–Kier alpha value is -2.15. The van der Waals surface area contributed by atoms with Crippen LogP contribution in [0, 0.1) is 6.92 Å². The Bertz CT molecular complexity index is 984. The Morgan fingerprint density at radius 1 is 1.24 bits per heavy atom. The third kappa shape index (κ3) is 1.67. The van der Waals surface area contributed by atoms with Gasteiger partial charge in [0, 0.05) is 18.8 Å². The molecule has 0 aliphatic heterocycles. The summed E-state index contributed by atoms with van der Waals surface area (Å²) in [6, 6.07) is 2.00. The van der Waals surface area contributed by atoms with Gasteiger partial charge >= 0.3 is 0 Å². The van der Waals surface area contributed by atoms with Gasteiger partial charge in [-0.25, -0.2) is 19.2 Å². The molecule has 0 aromatic carbocycles. The Kier molecular flexibility index (Phi) is 2.65. The van der Waals surface area contributed by atoms with E-state index in [-0.39, 0.29) is 0 Å². The molecule has 4 rings (SSSR count). The smallest absolute Gasteiger partial charge is 0.159 e. The maximum Gasteiger partial charge on any atom is 0.159 e. The van der Waals surface area contributed by atoms with E-state index < -0.39 is 0 Å². The van der Waals surface area contributed by atoms with Gasteiger partial charge in [0.2, 0.25) is 0 Å². The summed E-state index contributed by atoms with van der Waals surface area (Å²) in [7, 11) is 0. The average Bonchev–Trinajstić information content (AvgIpc) is 3.07. The summed E-state index contributed by atoms with van der Waals surface area (Å²) >= 11 is 1.62. The van der Waals surface area contributed by atoms with Crippen molar-refractivity contribution in [2.45, 2.75) is 25.4 Å². The lowest BCUT2D eigenvalue weighted by Crippen LogP contribution is -2.00. The molecule has 0 aliphatic rings. The number of nitrogens with zero attached hydrogens (tertiary/aromatic N) is 6. The molecule has 0 radical (unpaired) electrons. The molecule has 4 aromatic heterocycles. The molecule has 0 fully saturated rings. The van der Waals surface area contributed by atoms with E-state index in [0.29, 0.717) is 0 Å². The maximum absolute atomic E-state index is 4.67. The standard InChI is InChI=1S/C14H14N6S/c1-4-19-13-9(7-16-19)12-10(6-15-13)14(21-3)17-11-5-8(2)18-20(11)12/h5-7H,4H2,1-3H3. The fourth-order valence-electron chi connectivity index (χ4n) is 2.68. The van der Waals surface area contributed by atoms with Crippen molar-refractivity contribution in [2.24, 2.45) is 0 Å². The molecular formula is C14H14N6S. The van der Waals surface area contributed by atoms with Crippen LogP contribution in [0.3, 0.4) is 0 Å². The van der Waals surface area contributed by atoms with Crippen molar-refractivity contribution in [3.63, 3.8) is 0 Å². The quantitative estimate of drug-likeness (QED) is 0.420. The van der Waals surface area contributed by atoms with Crippen LogP contribution in [0.15, 0.2) is 23.5 Å². The molecular weight excluding hydrogens is 284 g/mol. The summed E-state index contributed by atoms with van der Waals surface area (Å²) in [5.74, 6) is 0. The molecule has 0 atom stereocenters. The highest BCUT2D eigenvalue weighted by molar-refractivity contribution is 7.98. The number of hydrogen-bond acceptors (Lipinski definition) is 5. The van der Waals surface area contributed by atoms with Gasteiger partial charge in [0.15, 0.2) is 11.3 Å². The normalized spacial score (nSPS) is 12.0. The molecule has 0 saturated carbocycles. The summed E-state index contributed by atoms with van der Waals surface area (Å²) in [5.41, 5.74) is 3.73. The van der Waals surface area contributed by atoms with E-state index in [2.05, 4.69) is 27.1 Å². The first-order valence-electron chi connectivity index (χ1n) is 6.77. The second kappa shape index (κ2) is 4.42. The molecule has 7 heteroatoms. The highest BCUT2D eigenvalue weighted by Crippen LogP contribution is 2.30. The van der Waals surface area contributed by atoms with Crippen LogP contribution in [0.1, 0.15) is 12.6 Å². The van der Waals surface area contributed by atoms with E-state index in [0.717, 1.165) is 44.8 Å². The van der Waals surface area contributed by atoms with Crippen molar-refractivity contribution >= 4 is 39.3 Å². The Labute approximate surface area is 125 Å². The van der Waals surface area contributed by atoms with E-state index in [1.165, 1.54) is 0 Å². The molecule has 0 amide bonds. The molecule has 0 aliphatic carbocycles. The highest BCUT2D eigenvalue weighted by Gasteiger charge is 2.15. The SMILES string of the molecule is CCn1ncc2c1ncc1c(SC)nc3cc(C)nn3c12. The molecule has 0 unspecified atom stereocenters. The summed E-state index contributed by atoms with van der Waals surface area (Å²) < 4.78 is 3.80. The third-order valence-corrected chi connectivity index (χ3v) is 4.30. The van der Waals surface area contributed by atoms with Gasteiger partial charge in [-0.05, 0) is 20.1 Å². The summed E-state index contributed by atoms with van der Waals surface area (Å²) in [6.45, 7) is 4.84. The monoisotopic (exact) mass is 298 g/mol. The Balaban J connectivity index is 2.29. The Morgan fingerprint density at radius 3 is 2.86 bits per heavy atom. The lowest BCUT2D eigenvalue weighted by Gasteiger charge is -2.07. The van der Waals surface area contributed by atoms with E-state index in [1.54, 1.807) is 11.8 Å². The molecule has 6 nitrogen and oxygen atoms in total. The van der Waals surface area contributed by atoms with Gasteiger partial charge in [0.05, 0.1) is 28.2 Å². The van der Waals surface area contributed by atoms with Crippen LogP contribution in [0.25, 0.3) is 27.6 Å². The van der Waals surface area contributed by atoms with Crippen molar-refractivity contribution in [3.05, 3.63) is 24.2 Å². The first-order chi connectivity index (χ1) is 10.2. The maximum atomic E-state index is 4.67. The van der Waals surface area contributed by atoms with E-state index in [1.807, 2.05) is 40.8 Å². The molecule has 21 heavy (non-hydrogen) atoms. The van der Waals surface area contributed by atoms with Gasteiger partial charge in [-0.3, -0.25) is 0 Å². The van der Waals surface area contributed by atoms with Gasteiger partial charge in [0.25, 0.3) is 0 Å². The van der Waals surface area contributed by atoms with Crippen LogP contribution < -0.4 is 0 Å². The Morgan fingerprint density at radius 2 is 2.10 bits per heavy atom. The number of fused-ring (bicyclic) bond motifs is 5. The second-order valence-corrected chi connectivity index (χ2v) is 5.69. The van der Waals surface area contributed by atoms with Crippen LogP contribution in [0.2, 0.25) is 0 Å². The molecule has 4 aromatic rings. The predicted molar refractivity (Wildman–Crippen MR) is 83.8 cm³/mol. The van der Waals surface area contributed by atoms with Crippen LogP contribution in [-0.2, 0) is 6.54 Å². The first-order valence-corrected chi connectivity index (χ1v) is 8.00. The molecule has 0 N–H and O–H groups in total. The van der Waals surface area contributed by atoms with Gasteiger partial charge in [-0.1, -0.05) is 0 Å². The zero-order valence-electron chi connectivity index (χ0n) is 12.0. The zero-order chi connectivity index (χ0) is 14.6. The van der Waals surface area contributed by atoms with Crippen molar-refractivity contribution in [2.75, 3.05) is 6.26 Å². The van der Waals surface area contributed by atoms with Crippen LogP contribution in [0.4, 0.5) is 0 Å². The molecule has 4 heterocycles. The van der Waals surface area contributed by atoms with E-state index in [4.69, 9.17) is 0 Å². The molecule has 106 valence electrons. The van der Waals surface area contributed by atoms with E-state index in [9.17, 15) is 0 Å². The fraction of sp³-hybridized carbons (Fsp3) is 0.286. The van der Waals surface area contributed by atoms with Gasteiger partial charge in [0.1, 0.15) is 5.03 Å². The van der Waals surface area contributed by atoms with Crippen molar-refractivity contribution in [3.8, 4) is 0 Å². The van der Waals surface area contributed by atoms with Crippen LogP contribution >= 0.6 is 11.8 Å². The lowest BCUT2D eigenvalue weighted by molar-refractivity contribution is 0.677.